The Labute approximate surface area is 114 Å². The number of nitrogens with one attached hydrogen (secondary N) is 2. The highest BCUT2D eigenvalue weighted by atomic mass is 35.5. The van der Waals surface area contributed by atoms with E-state index in [4.69, 9.17) is 11.6 Å². The third-order valence-electron chi connectivity index (χ3n) is 2.70. The van der Waals surface area contributed by atoms with Gasteiger partial charge in [-0.15, -0.1) is 0 Å². The zero-order valence-corrected chi connectivity index (χ0v) is 12.1. The van der Waals surface area contributed by atoms with Crippen LogP contribution in [0.15, 0.2) is 24.3 Å². The van der Waals surface area contributed by atoms with Crippen molar-refractivity contribution in [3.05, 3.63) is 34.9 Å². The molecule has 0 aromatic heterocycles. The van der Waals surface area contributed by atoms with Crippen molar-refractivity contribution in [2.24, 2.45) is 0 Å². The zero-order valence-electron chi connectivity index (χ0n) is 11.3. The highest BCUT2D eigenvalue weighted by Crippen LogP contribution is 2.22. The van der Waals surface area contributed by atoms with Crippen molar-refractivity contribution in [2.75, 3.05) is 0 Å². The van der Waals surface area contributed by atoms with Gasteiger partial charge in [0.25, 0.3) is 0 Å². The average Bonchev–Trinajstić information content (AvgIpc) is 2.28. The van der Waals surface area contributed by atoms with E-state index in [2.05, 4.69) is 10.6 Å². The van der Waals surface area contributed by atoms with E-state index in [9.17, 15) is 4.79 Å². The predicted octanol–water partition coefficient (Wildman–Crippen LogP) is 2.90. The molecule has 0 aliphatic heterocycles. The van der Waals surface area contributed by atoms with Crippen molar-refractivity contribution in [3.63, 3.8) is 0 Å². The molecule has 0 bridgehead atoms. The molecule has 1 rings (SSSR count). The molecular weight excluding hydrogens is 248 g/mol. The maximum Gasteiger partial charge on any atom is 0.237 e. The lowest BCUT2D eigenvalue weighted by molar-refractivity contribution is -0.123. The van der Waals surface area contributed by atoms with Gasteiger partial charge in [0.15, 0.2) is 0 Å². The van der Waals surface area contributed by atoms with E-state index in [1.807, 2.05) is 52.0 Å². The van der Waals surface area contributed by atoms with Gasteiger partial charge < -0.3 is 5.32 Å². The summed E-state index contributed by atoms with van der Waals surface area (Å²) in [5, 5.41) is 6.84. The summed E-state index contributed by atoms with van der Waals surface area (Å²) in [5.41, 5.74) is 1.00. The average molecular weight is 269 g/mol. The van der Waals surface area contributed by atoms with Gasteiger partial charge in [-0.2, -0.15) is 0 Å². The fourth-order valence-corrected chi connectivity index (χ4v) is 2.08. The number of halogens is 1. The molecule has 2 N–H and O–H groups in total. The third-order valence-corrected chi connectivity index (χ3v) is 3.04. The van der Waals surface area contributed by atoms with E-state index >= 15 is 0 Å². The molecule has 3 nitrogen and oxygen atoms in total. The van der Waals surface area contributed by atoms with Crippen LogP contribution in [0.5, 0.6) is 0 Å². The molecule has 2 atom stereocenters. The molecule has 2 unspecified atom stereocenters. The van der Waals surface area contributed by atoms with Gasteiger partial charge in [-0.25, -0.2) is 0 Å². The number of carbonyl (C=O) groups is 1. The Hall–Kier alpha value is -1.06. The summed E-state index contributed by atoms with van der Waals surface area (Å²) in [6, 6.07) is 7.59. The fourth-order valence-electron chi connectivity index (χ4n) is 1.78. The van der Waals surface area contributed by atoms with Gasteiger partial charge in [0, 0.05) is 17.1 Å². The molecule has 1 amide bonds. The van der Waals surface area contributed by atoms with Gasteiger partial charge in [0.2, 0.25) is 5.91 Å². The van der Waals surface area contributed by atoms with Gasteiger partial charge in [0.05, 0.1) is 6.04 Å². The molecule has 0 saturated carbocycles. The van der Waals surface area contributed by atoms with Crippen LogP contribution in [0.2, 0.25) is 5.02 Å². The van der Waals surface area contributed by atoms with Gasteiger partial charge in [0.1, 0.15) is 0 Å². The molecule has 1 aromatic carbocycles. The second-order valence-electron chi connectivity index (χ2n) is 4.79. The van der Waals surface area contributed by atoms with Crippen LogP contribution in [-0.2, 0) is 4.79 Å². The minimum Gasteiger partial charge on any atom is -0.353 e. The maximum atomic E-state index is 11.8. The van der Waals surface area contributed by atoms with Crippen molar-refractivity contribution in [2.45, 2.75) is 45.8 Å². The lowest BCUT2D eigenvalue weighted by atomic mass is 10.1. The van der Waals surface area contributed by atoms with Crippen LogP contribution >= 0.6 is 11.6 Å². The van der Waals surface area contributed by atoms with Crippen molar-refractivity contribution in [1.29, 1.82) is 0 Å². The zero-order chi connectivity index (χ0) is 13.7. The minimum absolute atomic E-state index is 0.00361. The maximum absolute atomic E-state index is 11.8. The van der Waals surface area contributed by atoms with Crippen LogP contribution in [0.1, 0.15) is 39.3 Å². The van der Waals surface area contributed by atoms with Crippen molar-refractivity contribution in [3.8, 4) is 0 Å². The number of carbonyl (C=O) groups excluding carboxylic acids is 1. The third kappa shape index (κ3) is 4.31. The monoisotopic (exact) mass is 268 g/mol. The van der Waals surface area contributed by atoms with Crippen LogP contribution in [0.3, 0.4) is 0 Å². The van der Waals surface area contributed by atoms with E-state index in [0.29, 0.717) is 5.02 Å². The molecule has 4 heteroatoms. The molecule has 0 aliphatic rings. The van der Waals surface area contributed by atoms with Gasteiger partial charge in [-0.3, -0.25) is 10.1 Å². The normalized spacial score (nSPS) is 14.3. The number of hydrogen-bond donors (Lipinski definition) is 2. The fraction of sp³-hybridized carbons (Fsp3) is 0.500. The molecule has 0 fully saturated rings. The lowest BCUT2D eigenvalue weighted by Gasteiger charge is -2.21. The van der Waals surface area contributed by atoms with Crippen LogP contribution < -0.4 is 10.6 Å². The first-order valence-electron chi connectivity index (χ1n) is 6.22. The largest absolute Gasteiger partial charge is 0.353 e. The summed E-state index contributed by atoms with van der Waals surface area (Å²) in [6.45, 7) is 7.75. The van der Waals surface area contributed by atoms with Crippen LogP contribution in [0.25, 0.3) is 0 Å². The highest BCUT2D eigenvalue weighted by molar-refractivity contribution is 6.31. The summed E-state index contributed by atoms with van der Waals surface area (Å²) < 4.78 is 0. The first-order chi connectivity index (χ1) is 8.41. The first-order valence-corrected chi connectivity index (χ1v) is 6.60. The van der Waals surface area contributed by atoms with Gasteiger partial charge in [-0.1, -0.05) is 29.8 Å². The number of benzene rings is 1. The van der Waals surface area contributed by atoms with E-state index in [0.717, 1.165) is 5.56 Å². The summed E-state index contributed by atoms with van der Waals surface area (Å²) in [4.78, 5) is 11.8. The Morgan fingerprint density at radius 2 is 1.78 bits per heavy atom. The Bertz CT molecular complexity index is 407. The Morgan fingerprint density at radius 3 is 2.33 bits per heavy atom. The molecule has 100 valence electrons. The summed E-state index contributed by atoms with van der Waals surface area (Å²) in [7, 11) is 0. The van der Waals surface area contributed by atoms with Crippen molar-refractivity contribution in [1.82, 2.24) is 10.6 Å². The Morgan fingerprint density at radius 1 is 1.17 bits per heavy atom. The number of hydrogen-bond acceptors (Lipinski definition) is 2. The van der Waals surface area contributed by atoms with E-state index in [-0.39, 0.29) is 24.0 Å². The molecule has 0 saturated heterocycles. The Kier molecular flexibility index (Phi) is 5.63. The molecule has 0 spiro atoms. The van der Waals surface area contributed by atoms with Crippen molar-refractivity contribution >= 4 is 17.5 Å². The highest BCUT2D eigenvalue weighted by Gasteiger charge is 2.17. The van der Waals surface area contributed by atoms with Crippen LogP contribution in [0, 0.1) is 0 Å². The standard InChI is InChI=1S/C14H21ClN2O/c1-9(2)16-14(18)11(4)17-10(3)12-7-5-6-8-13(12)15/h5-11,17H,1-4H3,(H,16,18). The van der Waals surface area contributed by atoms with Crippen molar-refractivity contribution < 1.29 is 4.79 Å². The lowest BCUT2D eigenvalue weighted by Crippen LogP contribution is -2.45. The number of rotatable bonds is 5. The first kappa shape index (κ1) is 15.0. The number of amides is 1. The van der Waals surface area contributed by atoms with Crippen LogP contribution in [0.4, 0.5) is 0 Å². The predicted molar refractivity (Wildman–Crippen MR) is 75.7 cm³/mol. The van der Waals surface area contributed by atoms with Gasteiger partial charge >= 0.3 is 0 Å². The summed E-state index contributed by atoms with van der Waals surface area (Å²) in [5.74, 6) is 0.00361. The van der Waals surface area contributed by atoms with E-state index < -0.39 is 0 Å². The molecular formula is C14H21ClN2O. The second-order valence-corrected chi connectivity index (χ2v) is 5.20. The molecule has 0 heterocycles. The molecule has 0 radical (unpaired) electrons. The van der Waals surface area contributed by atoms with Gasteiger partial charge in [-0.05, 0) is 39.3 Å². The van der Waals surface area contributed by atoms with E-state index in [1.165, 1.54) is 0 Å². The molecule has 0 aliphatic carbocycles. The molecule has 18 heavy (non-hydrogen) atoms. The van der Waals surface area contributed by atoms with E-state index in [1.54, 1.807) is 0 Å². The SMILES string of the molecule is CC(C)NC(=O)C(C)NC(C)c1ccccc1Cl. The van der Waals surface area contributed by atoms with Crippen LogP contribution in [-0.4, -0.2) is 18.0 Å². The molecule has 1 aromatic rings. The topological polar surface area (TPSA) is 41.1 Å². The second kappa shape index (κ2) is 6.76. The quantitative estimate of drug-likeness (QED) is 0.862. The summed E-state index contributed by atoms with van der Waals surface area (Å²) >= 11 is 6.13. The smallest absolute Gasteiger partial charge is 0.237 e. The Balaban J connectivity index is 2.62. The summed E-state index contributed by atoms with van der Waals surface area (Å²) in [6.07, 6.45) is 0. The minimum atomic E-state index is -0.251.